The van der Waals surface area contributed by atoms with Crippen LogP contribution in [0, 0.1) is 6.92 Å². The van der Waals surface area contributed by atoms with Gasteiger partial charge in [0.05, 0.1) is 24.7 Å². The number of ether oxygens (including phenoxy) is 1. The van der Waals surface area contributed by atoms with Crippen LogP contribution in [0.3, 0.4) is 0 Å². The second-order valence-corrected chi connectivity index (χ2v) is 4.14. The van der Waals surface area contributed by atoms with Crippen LogP contribution in [0.2, 0.25) is 0 Å². The zero-order valence-corrected chi connectivity index (χ0v) is 11.2. The van der Waals surface area contributed by atoms with Crippen LogP contribution in [0.1, 0.15) is 18.2 Å². The Morgan fingerprint density at radius 3 is 2.79 bits per heavy atom. The number of amides is 1. The molecule has 1 amide bonds. The molecule has 0 bridgehead atoms. The molecule has 0 aliphatic rings. The minimum atomic E-state index is -0.0734. The molecule has 0 saturated heterocycles. The van der Waals surface area contributed by atoms with Crippen molar-refractivity contribution in [3.05, 3.63) is 23.7 Å². The van der Waals surface area contributed by atoms with E-state index in [1.165, 1.54) is 7.11 Å². The van der Waals surface area contributed by atoms with Crippen molar-refractivity contribution in [2.75, 3.05) is 13.7 Å². The highest BCUT2D eigenvalue weighted by atomic mass is 16.5. The van der Waals surface area contributed by atoms with Crippen LogP contribution in [0.4, 0.5) is 0 Å². The van der Waals surface area contributed by atoms with Gasteiger partial charge in [-0.05, 0) is 19.4 Å². The maximum Gasteiger partial charge on any atom is 0.241 e. The molecule has 0 unspecified atom stereocenters. The molecular formula is C13H16N4O2. The quantitative estimate of drug-likeness (QED) is 0.888. The predicted octanol–water partition coefficient (Wildman–Crippen LogP) is 1.02. The summed E-state index contributed by atoms with van der Waals surface area (Å²) >= 11 is 0. The van der Waals surface area contributed by atoms with Gasteiger partial charge >= 0.3 is 0 Å². The van der Waals surface area contributed by atoms with Crippen molar-refractivity contribution >= 4 is 16.9 Å². The molecule has 6 heteroatoms. The Morgan fingerprint density at radius 1 is 1.32 bits per heavy atom. The Kier molecular flexibility index (Phi) is 3.89. The number of carbonyl (C=O) groups is 1. The topological polar surface area (TPSA) is 77.0 Å². The highest BCUT2D eigenvalue weighted by Crippen LogP contribution is 2.22. The molecule has 0 spiro atoms. The minimum absolute atomic E-state index is 0.0734. The third kappa shape index (κ3) is 2.78. The summed E-state index contributed by atoms with van der Waals surface area (Å²) in [7, 11) is 1.54. The second-order valence-electron chi connectivity index (χ2n) is 4.14. The first kappa shape index (κ1) is 13.2. The highest BCUT2D eigenvalue weighted by molar-refractivity contribution is 5.83. The minimum Gasteiger partial charge on any atom is -0.479 e. The maximum absolute atomic E-state index is 11.5. The summed E-state index contributed by atoms with van der Waals surface area (Å²) in [6.45, 7) is 4.39. The standard InChI is InChI=1S/C13H16N4O2/c1-4-14-10(18)5-9-7-15-11-8(2)6-16-13(19-3)12(11)17-9/h6-7H,4-5H2,1-3H3,(H,14,18). The lowest BCUT2D eigenvalue weighted by Crippen LogP contribution is -2.24. The molecule has 0 aliphatic carbocycles. The van der Waals surface area contributed by atoms with Crippen LogP contribution in [0.5, 0.6) is 5.88 Å². The summed E-state index contributed by atoms with van der Waals surface area (Å²) in [5, 5.41) is 2.73. The fraction of sp³-hybridized carbons (Fsp3) is 0.385. The monoisotopic (exact) mass is 260 g/mol. The molecule has 0 atom stereocenters. The van der Waals surface area contributed by atoms with E-state index >= 15 is 0 Å². The molecular weight excluding hydrogens is 244 g/mol. The molecule has 0 saturated carbocycles. The lowest BCUT2D eigenvalue weighted by Gasteiger charge is -2.07. The molecule has 19 heavy (non-hydrogen) atoms. The van der Waals surface area contributed by atoms with Gasteiger partial charge in [0.2, 0.25) is 11.8 Å². The third-order valence-corrected chi connectivity index (χ3v) is 2.68. The van der Waals surface area contributed by atoms with Crippen LogP contribution in [0.25, 0.3) is 11.0 Å². The molecule has 2 heterocycles. The number of pyridine rings is 1. The molecule has 2 aromatic heterocycles. The predicted molar refractivity (Wildman–Crippen MR) is 71.0 cm³/mol. The molecule has 0 aromatic carbocycles. The van der Waals surface area contributed by atoms with Crippen molar-refractivity contribution < 1.29 is 9.53 Å². The van der Waals surface area contributed by atoms with Crippen molar-refractivity contribution in [2.24, 2.45) is 0 Å². The Hall–Kier alpha value is -2.24. The lowest BCUT2D eigenvalue weighted by molar-refractivity contribution is -0.120. The number of methoxy groups -OCH3 is 1. The van der Waals surface area contributed by atoms with Gasteiger partial charge in [-0.2, -0.15) is 0 Å². The number of hydrogen-bond acceptors (Lipinski definition) is 5. The van der Waals surface area contributed by atoms with E-state index in [9.17, 15) is 4.79 Å². The van der Waals surface area contributed by atoms with Crippen molar-refractivity contribution in [3.8, 4) is 5.88 Å². The summed E-state index contributed by atoms with van der Waals surface area (Å²) in [5.74, 6) is 0.349. The van der Waals surface area contributed by atoms with Crippen LogP contribution in [-0.2, 0) is 11.2 Å². The SMILES string of the molecule is CCNC(=O)Cc1cnc2c(C)cnc(OC)c2n1. The normalized spacial score (nSPS) is 10.5. The van der Waals surface area contributed by atoms with E-state index in [-0.39, 0.29) is 12.3 Å². The molecule has 2 rings (SSSR count). The summed E-state index contributed by atoms with van der Waals surface area (Å²) in [6, 6.07) is 0. The molecule has 6 nitrogen and oxygen atoms in total. The van der Waals surface area contributed by atoms with Crippen molar-refractivity contribution in [2.45, 2.75) is 20.3 Å². The number of nitrogens with zero attached hydrogens (tertiary/aromatic N) is 3. The summed E-state index contributed by atoms with van der Waals surface area (Å²) < 4.78 is 5.18. The number of aromatic nitrogens is 3. The summed E-state index contributed by atoms with van der Waals surface area (Å²) in [6.07, 6.45) is 3.51. The number of likely N-dealkylation sites (N-methyl/N-ethyl adjacent to an activating group) is 1. The van der Waals surface area contributed by atoms with E-state index in [4.69, 9.17) is 4.74 Å². The van der Waals surface area contributed by atoms with Crippen LogP contribution < -0.4 is 10.1 Å². The third-order valence-electron chi connectivity index (χ3n) is 2.68. The molecule has 1 N–H and O–H groups in total. The Bertz CT molecular complexity index is 613. The summed E-state index contributed by atoms with van der Waals surface area (Å²) in [4.78, 5) is 24.5. The van der Waals surface area contributed by atoms with E-state index in [1.807, 2.05) is 13.8 Å². The number of hydrogen-bond donors (Lipinski definition) is 1. The highest BCUT2D eigenvalue weighted by Gasteiger charge is 2.11. The van der Waals surface area contributed by atoms with E-state index in [2.05, 4.69) is 20.3 Å². The molecule has 2 aromatic rings. The zero-order chi connectivity index (χ0) is 13.8. The first-order valence-corrected chi connectivity index (χ1v) is 6.07. The van der Waals surface area contributed by atoms with Crippen molar-refractivity contribution in [1.29, 1.82) is 0 Å². The van der Waals surface area contributed by atoms with Gasteiger partial charge in [0.1, 0.15) is 0 Å². The van der Waals surface area contributed by atoms with Crippen LogP contribution >= 0.6 is 0 Å². The van der Waals surface area contributed by atoms with E-state index in [1.54, 1.807) is 12.4 Å². The smallest absolute Gasteiger partial charge is 0.241 e. The first-order chi connectivity index (χ1) is 9.15. The van der Waals surface area contributed by atoms with Gasteiger partial charge in [-0.25, -0.2) is 9.97 Å². The summed E-state index contributed by atoms with van der Waals surface area (Å²) in [5.41, 5.74) is 2.85. The van der Waals surface area contributed by atoms with E-state index in [0.717, 1.165) is 11.1 Å². The van der Waals surface area contributed by atoms with Gasteiger partial charge in [-0.15, -0.1) is 0 Å². The Labute approximate surface area is 111 Å². The van der Waals surface area contributed by atoms with Gasteiger partial charge in [-0.3, -0.25) is 9.78 Å². The van der Waals surface area contributed by atoms with Crippen LogP contribution in [0.15, 0.2) is 12.4 Å². The lowest BCUT2D eigenvalue weighted by atomic mass is 10.2. The average molecular weight is 260 g/mol. The fourth-order valence-corrected chi connectivity index (χ4v) is 1.80. The fourth-order valence-electron chi connectivity index (χ4n) is 1.80. The van der Waals surface area contributed by atoms with E-state index < -0.39 is 0 Å². The van der Waals surface area contributed by atoms with Gasteiger partial charge in [0.15, 0.2) is 5.52 Å². The maximum atomic E-state index is 11.5. The van der Waals surface area contributed by atoms with Crippen molar-refractivity contribution in [1.82, 2.24) is 20.3 Å². The van der Waals surface area contributed by atoms with E-state index in [0.29, 0.717) is 23.6 Å². The number of aryl methyl sites for hydroxylation is 1. The van der Waals surface area contributed by atoms with Gasteiger partial charge < -0.3 is 10.1 Å². The zero-order valence-electron chi connectivity index (χ0n) is 11.2. The number of rotatable bonds is 4. The molecule has 100 valence electrons. The Morgan fingerprint density at radius 2 is 2.11 bits per heavy atom. The number of fused-ring (bicyclic) bond motifs is 1. The first-order valence-electron chi connectivity index (χ1n) is 6.07. The van der Waals surface area contributed by atoms with Gasteiger partial charge in [0, 0.05) is 18.9 Å². The molecule has 0 radical (unpaired) electrons. The Balaban J connectivity index is 2.41. The largest absolute Gasteiger partial charge is 0.479 e. The average Bonchev–Trinajstić information content (AvgIpc) is 2.39. The van der Waals surface area contributed by atoms with Gasteiger partial charge in [0.25, 0.3) is 0 Å². The van der Waals surface area contributed by atoms with Crippen molar-refractivity contribution in [3.63, 3.8) is 0 Å². The van der Waals surface area contributed by atoms with Gasteiger partial charge in [-0.1, -0.05) is 0 Å². The van der Waals surface area contributed by atoms with Crippen LogP contribution in [-0.4, -0.2) is 34.5 Å². The second kappa shape index (κ2) is 5.60. The number of carbonyl (C=O) groups excluding carboxylic acids is 1. The molecule has 0 fully saturated rings. The molecule has 0 aliphatic heterocycles. The number of nitrogens with one attached hydrogen (secondary N) is 1.